The van der Waals surface area contributed by atoms with Crippen LogP contribution in [0.15, 0.2) is 29.2 Å². The molecule has 32 heavy (non-hydrogen) atoms. The molecule has 2 heterocycles. The molecule has 1 unspecified atom stereocenters. The number of sulfonamides is 1. The summed E-state index contributed by atoms with van der Waals surface area (Å²) in [6.07, 6.45) is 4.62. The molecule has 1 saturated heterocycles. The third-order valence-corrected chi connectivity index (χ3v) is 7.88. The minimum atomic E-state index is -4.64. The molecule has 0 radical (unpaired) electrons. The Labute approximate surface area is 186 Å². The smallest absolute Gasteiger partial charge is 0.268 e. The highest BCUT2D eigenvalue weighted by molar-refractivity contribution is 7.92. The number of pyridine rings is 1. The fourth-order valence-corrected chi connectivity index (χ4v) is 5.69. The molecule has 1 saturated carbocycles. The van der Waals surface area contributed by atoms with Crippen molar-refractivity contribution in [1.29, 1.82) is 0 Å². The molecule has 1 aliphatic carbocycles. The second-order valence-corrected chi connectivity index (χ2v) is 10.3. The van der Waals surface area contributed by atoms with Crippen molar-refractivity contribution in [2.24, 2.45) is 5.92 Å². The second kappa shape index (κ2) is 8.90. The highest BCUT2D eigenvalue weighted by Gasteiger charge is 2.32. The fourth-order valence-electron chi connectivity index (χ4n) is 4.49. The van der Waals surface area contributed by atoms with Crippen molar-refractivity contribution in [1.82, 2.24) is 9.88 Å². The molecule has 2 aromatic rings. The maximum atomic E-state index is 15.1. The number of hydrogen-bond acceptors (Lipinski definition) is 5. The van der Waals surface area contributed by atoms with Crippen LogP contribution in [0.4, 0.5) is 24.7 Å². The lowest BCUT2D eigenvalue weighted by Crippen LogP contribution is -2.40. The Bertz CT molecular complexity index is 1110. The predicted molar refractivity (Wildman–Crippen MR) is 117 cm³/mol. The van der Waals surface area contributed by atoms with E-state index < -0.39 is 32.5 Å². The number of rotatable bonds is 7. The average molecular weight is 469 g/mol. The SMILES string of the molecule is Cc1c(N2CCC(CN(C)C3CCC3)C2)cc(F)c(S(=O)(=O)Nc2cccc(F)n2)c1F. The van der Waals surface area contributed by atoms with Crippen LogP contribution in [-0.2, 0) is 10.0 Å². The average Bonchev–Trinajstić information content (AvgIpc) is 3.10. The third-order valence-electron chi connectivity index (χ3n) is 6.49. The third kappa shape index (κ3) is 4.56. The molecule has 2 fully saturated rings. The van der Waals surface area contributed by atoms with Gasteiger partial charge >= 0.3 is 0 Å². The zero-order valence-electron chi connectivity index (χ0n) is 18.1. The first-order valence-corrected chi connectivity index (χ1v) is 12.2. The molecule has 4 rings (SSSR count). The van der Waals surface area contributed by atoms with Crippen LogP contribution in [0.3, 0.4) is 0 Å². The summed E-state index contributed by atoms with van der Waals surface area (Å²) in [6.45, 7) is 3.69. The Morgan fingerprint density at radius 2 is 1.97 bits per heavy atom. The van der Waals surface area contributed by atoms with Crippen molar-refractivity contribution in [2.45, 2.75) is 43.5 Å². The Morgan fingerprint density at radius 3 is 2.62 bits per heavy atom. The molecule has 0 bridgehead atoms. The first-order chi connectivity index (χ1) is 15.2. The van der Waals surface area contributed by atoms with E-state index in [1.54, 1.807) is 0 Å². The van der Waals surface area contributed by atoms with E-state index in [0.717, 1.165) is 25.1 Å². The van der Waals surface area contributed by atoms with Gasteiger partial charge in [0, 0.05) is 36.9 Å². The van der Waals surface area contributed by atoms with Gasteiger partial charge in [0.25, 0.3) is 10.0 Å². The normalized spacial score (nSPS) is 19.4. The predicted octanol–water partition coefficient (Wildman–Crippen LogP) is 3.92. The minimum absolute atomic E-state index is 0.0620. The standard InChI is InChI=1S/C22H27F3N4O2S/c1-14-18(29-10-9-15(13-29)12-28(2)16-5-3-6-16)11-17(23)22(21(14)25)32(30,31)27-20-8-4-7-19(24)26-20/h4,7-8,11,15-16H,3,5-6,9-10,12-13H2,1-2H3,(H,26,27). The van der Waals surface area contributed by atoms with E-state index in [1.165, 1.54) is 38.3 Å². The van der Waals surface area contributed by atoms with Gasteiger partial charge in [-0.3, -0.25) is 4.72 Å². The first-order valence-electron chi connectivity index (χ1n) is 10.7. The largest absolute Gasteiger partial charge is 0.371 e. The quantitative estimate of drug-likeness (QED) is 0.624. The lowest BCUT2D eigenvalue weighted by atomic mass is 9.91. The van der Waals surface area contributed by atoms with Gasteiger partial charge < -0.3 is 9.80 Å². The number of nitrogens with zero attached hydrogens (tertiary/aromatic N) is 3. The van der Waals surface area contributed by atoms with Gasteiger partial charge in [0.2, 0.25) is 5.95 Å². The van der Waals surface area contributed by atoms with E-state index in [-0.39, 0.29) is 11.4 Å². The minimum Gasteiger partial charge on any atom is -0.371 e. The zero-order valence-corrected chi connectivity index (χ0v) is 18.9. The molecule has 1 aromatic carbocycles. The van der Waals surface area contributed by atoms with Crippen LogP contribution >= 0.6 is 0 Å². The lowest BCUT2D eigenvalue weighted by molar-refractivity contribution is 0.142. The zero-order chi connectivity index (χ0) is 23.0. The fraction of sp³-hybridized carbons (Fsp3) is 0.500. The summed E-state index contributed by atoms with van der Waals surface area (Å²) in [7, 11) is -2.52. The molecule has 6 nitrogen and oxygen atoms in total. The van der Waals surface area contributed by atoms with E-state index in [4.69, 9.17) is 0 Å². The van der Waals surface area contributed by atoms with Gasteiger partial charge in [-0.1, -0.05) is 12.5 Å². The van der Waals surface area contributed by atoms with Crippen LogP contribution < -0.4 is 9.62 Å². The van der Waals surface area contributed by atoms with E-state index >= 15 is 4.39 Å². The number of nitrogens with one attached hydrogen (secondary N) is 1. The van der Waals surface area contributed by atoms with E-state index in [2.05, 4.69) is 16.9 Å². The summed E-state index contributed by atoms with van der Waals surface area (Å²) in [5.74, 6) is -3.23. The number of anilines is 2. The second-order valence-electron chi connectivity index (χ2n) is 8.72. The Balaban J connectivity index is 1.54. The van der Waals surface area contributed by atoms with Gasteiger partial charge in [-0.05, 0) is 57.4 Å². The first kappa shape index (κ1) is 22.8. The molecular formula is C22H27F3N4O2S. The van der Waals surface area contributed by atoms with Crippen LogP contribution in [0.5, 0.6) is 0 Å². The molecule has 174 valence electrons. The number of hydrogen-bond donors (Lipinski definition) is 1. The van der Waals surface area contributed by atoms with E-state index in [0.29, 0.717) is 30.7 Å². The molecule has 0 amide bonds. The van der Waals surface area contributed by atoms with Gasteiger partial charge in [0.15, 0.2) is 10.7 Å². The van der Waals surface area contributed by atoms with Crippen molar-refractivity contribution in [2.75, 3.05) is 36.3 Å². The van der Waals surface area contributed by atoms with Gasteiger partial charge in [0.05, 0.1) is 0 Å². The van der Waals surface area contributed by atoms with Gasteiger partial charge in [0.1, 0.15) is 11.6 Å². The van der Waals surface area contributed by atoms with Gasteiger partial charge in [-0.15, -0.1) is 0 Å². The van der Waals surface area contributed by atoms with Crippen molar-refractivity contribution >= 4 is 21.5 Å². The Kier molecular flexibility index (Phi) is 6.35. The van der Waals surface area contributed by atoms with E-state index in [1.807, 2.05) is 9.62 Å². The summed E-state index contributed by atoms with van der Waals surface area (Å²) in [5, 5.41) is 0. The highest BCUT2D eigenvalue weighted by Crippen LogP contribution is 2.34. The molecule has 1 atom stereocenters. The Hall–Kier alpha value is -2.33. The number of aromatic nitrogens is 1. The molecule has 10 heteroatoms. The summed E-state index contributed by atoms with van der Waals surface area (Å²) in [4.78, 5) is 6.58. The molecule has 2 aliphatic rings. The molecule has 1 aliphatic heterocycles. The molecule has 1 aromatic heterocycles. The maximum Gasteiger partial charge on any atom is 0.268 e. The monoisotopic (exact) mass is 468 g/mol. The molecular weight excluding hydrogens is 441 g/mol. The van der Waals surface area contributed by atoms with Crippen molar-refractivity contribution in [3.8, 4) is 0 Å². The summed E-state index contributed by atoms with van der Waals surface area (Å²) in [5.41, 5.74) is 0.420. The van der Waals surface area contributed by atoms with Crippen LogP contribution in [0.2, 0.25) is 0 Å². The lowest BCUT2D eigenvalue weighted by Gasteiger charge is -2.36. The van der Waals surface area contributed by atoms with Crippen molar-refractivity contribution < 1.29 is 21.6 Å². The summed E-state index contributed by atoms with van der Waals surface area (Å²) in [6, 6.07) is 5.18. The Morgan fingerprint density at radius 1 is 1.22 bits per heavy atom. The number of benzene rings is 1. The maximum absolute atomic E-state index is 15.1. The summed E-state index contributed by atoms with van der Waals surface area (Å²) < 4.78 is 70.5. The van der Waals surface area contributed by atoms with Crippen LogP contribution in [-0.4, -0.2) is 51.0 Å². The van der Waals surface area contributed by atoms with Crippen LogP contribution in [0.25, 0.3) is 0 Å². The van der Waals surface area contributed by atoms with Crippen LogP contribution in [0.1, 0.15) is 31.2 Å². The van der Waals surface area contributed by atoms with Gasteiger partial charge in [-0.25, -0.2) is 22.2 Å². The van der Waals surface area contributed by atoms with E-state index in [9.17, 15) is 17.2 Å². The topological polar surface area (TPSA) is 65.5 Å². The summed E-state index contributed by atoms with van der Waals surface area (Å²) >= 11 is 0. The van der Waals surface area contributed by atoms with Crippen LogP contribution in [0, 0.1) is 30.4 Å². The van der Waals surface area contributed by atoms with Crippen molar-refractivity contribution in [3.63, 3.8) is 0 Å². The highest BCUT2D eigenvalue weighted by atomic mass is 32.2. The van der Waals surface area contributed by atoms with Gasteiger partial charge in [-0.2, -0.15) is 4.39 Å². The van der Waals surface area contributed by atoms with Crippen molar-refractivity contribution in [3.05, 3.63) is 47.4 Å². The molecule has 0 spiro atoms. The number of halogens is 3. The molecule has 1 N–H and O–H groups in total.